The number of aryl methyl sites for hydroxylation is 1. The maximum atomic E-state index is 13.0. The van der Waals surface area contributed by atoms with Crippen LogP contribution in [-0.2, 0) is 6.61 Å². The Labute approximate surface area is 172 Å². The van der Waals surface area contributed by atoms with Crippen LogP contribution >= 0.6 is 0 Å². The largest absolute Gasteiger partial charge is 0.508 e. The van der Waals surface area contributed by atoms with Gasteiger partial charge in [0, 0.05) is 11.6 Å². The van der Waals surface area contributed by atoms with E-state index < -0.39 is 0 Å². The number of rotatable bonds is 5. The summed E-state index contributed by atoms with van der Waals surface area (Å²) in [6.45, 7) is 1.96. The molecule has 2 N–H and O–H groups in total. The lowest BCUT2D eigenvalue weighted by molar-refractivity contribution is 0.287. The maximum Gasteiger partial charge on any atom is 0.282 e. The molecule has 0 fully saturated rings. The summed E-state index contributed by atoms with van der Waals surface area (Å²) < 4.78 is 7.04. The van der Waals surface area contributed by atoms with Crippen molar-refractivity contribution in [1.29, 1.82) is 0 Å². The van der Waals surface area contributed by atoms with Gasteiger partial charge in [0.05, 0.1) is 17.1 Å². The van der Waals surface area contributed by atoms with E-state index in [1.807, 2.05) is 37.3 Å². The standard InChI is InChI=1S/C23H19N3O4/c1-15-6-2-5-9-21(15)30-14-22-25-19-8-4-3-7-18(19)23(29)26(22)24-13-16-10-11-17(27)12-20(16)28/h2-13,27-28H,14H2,1H3. The van der Waals surface area contributed by atoms with E-state index in [2.05, 4.69) is 10.1 Å². The van der Waals surface area contributed by atoms with E-state index in [1.165, 1.54) is 24.4 Å². The molecule has 150 valence electrons. The van der Waals surface area contributed by atoms with Crippen LogP contribution < -0.4 is 10.3 Å². The molecule has 7 heteroatoms. The van der Waals surface area contributed by atoms with Gasteiger partial charge in [-0.3, -0.25) is 4.79 Å². The van der Waals surface area contributed by atoms with Crippen molar-refractivity contribution in [2.45, 2.75) is 13.5 Å². The molecule has 0 aliphatic heterocycles. The number of phenolic OH excluding ortho intramolecular Hbond substituents is 2. The lowest BCUT2D eigenvalue weighted by Crippen LogP contribution is -2.23. The number of para-hydroxylation sites is 2. The number of aromatic hydroxyl groups is 2. The number of hydrogen-bond donors (Lipinski definition) is 2. The summed E-state index contributed by atoms with van der Waals surface area (Å²) in [5.41, 5.74) is 1.51. The van der Waals surface area contributed by atoms with E-state index in [0.717, 1.165) is 10.2 Å². The zero-order chi connectivity index (χ0) is 21.1. The number of ether oxygens (including phenoxy) is 1. The van der Waals surface area contributed by atoms with Crippen molar-refractivity contribution in [3.8, 4) is 17.2 Å². The summed E-state index contributed by atoms with van der Waals surface area (Å²) in [6.07, 6.45) is 1.34. The number of benzene rings is 3. The second kappa shape index (κ2) is 8.08. The monoisotopic (exact) mass is 401 g/mol. The van der Waals surface area contributed by atoms with Crippen LogP contribution in [0.1, 0.15) is 17.0 Å². The van der Waals surface area contributed by atoms with Crippen molar-refractivity contribution in [2.24, 2.45) is 5.10 Å². The predicted octanol–water partition coefficient (Wildman–Crippen LogP) is 3.58. The Morgan fingerprint density at radius 3 is 2.63 bits per heavy atom. The quantitative estimate of drug-likeness (QED) is 0.498. The molecule has 30 heavy (non-hydrogen) atoms. The lowest BCUT2D eigenvalue weighted by Gasteiger charge is -2.12. The van der Waals surface area contributed by atoms with Crippen LogP contribution in [0.2, 0.25) is 0 Å². The normalized spacial score (nSPS) is 11.2. The third-order valence-electron chi connectivity index (χ3n) is 4.60. The highest BCUT2D eigenvalue weighted by atomic mass is 16.5. The van der Waals surface area contributed by atoms with Crippen LogP contribution in [0.25, 0.3) is 10.9 Å². The molecule has 0 spiro atoms. The number of hydrogen-bond acceptors (Lipinski definition) is 6. The average molecular weight is 401 g/mol. The topological polar surface area (TPSA) is 96.9 Å². The van der Waals surface area contributed by atoms with Crippen molar-refractivity contribution in [2.75, 3.05) is 0 Å². The van der Waals surface area contributed by atoms with Gasteiger partial charge in [0.2, 0.25) is 0 Å². The van der Waals surface area contributed by atoms with Crippen LogP contribution in [0.5, 0.6) is 17.2 Å². The molecule has 0 aliphatic carbocycles. The van der Waals surface area contributed by atoms with E-state index >= 15 is 0 Å². The van der Waals surface area contributed by atoms with Gasteiger partial charge in [-0.25, -0.2) is 4.98 Å². The van der Waals surface area contributed by atoms with Crippen LogP contribution in [0.3, 0.4) is 0 Å². The molecule has 0 saturated heterocycles. The molecule has 0 bridgehead atoms. The molecule has 4 aromatic rings. The minimum absolute atomic E-state index is 0.0316. The second-order valence-electron chi connectivity index (χ2n) is 6.70. The molecule has 0 radical (unpaired) electrons. The molecule has 1 aromatic heterocycles. The smallest absolute Gasteiger partial charge is 0.282 e. The second-order valence-corrected chi connectivity index (χ2v) is 6.70. The molecule has 1 heterocycles. The van der Waals surface area contributed by atoms with E-state index in [1.54, 1.807) is 18.2 Å². The summed E-state index contributed by atoms with van der Waals surface area (Å²) in [4.78, 5) is 17.6. The van der Waals surface area contributed by atoms with Crippen molar-refractivity contribution in [3.63, 3.8) is 0 Å². The summed E-state index contributed by atoms with van der Waals surface area (Å²) in [6, 6.07) is 18.7. The average Bonchev–Trinajstić information content (AvgIpc) is 2.74. The Hall–Kier alpha value is -4.13. The Kier molecular flexibility index (Phi) is 5.17. The lowest BCUT2D eigenvalue weighted by atomic mass is 10.2. The van der Waals surface area contributed by atoms with Crippen molar-refractivity contribution >= 4 is 17.1 Å². The third-order valence-corrected chi connectivity index (χ3v) is 4.60. The van der Waals surface area contributed by atoms with Crippen molar-refractivity contribution in [1.82, 2.24) is 9.66 Å². The van der Waals surface area contributed by atoms with Crippen LogP contribution in [0, 0.1) is 6.92 Å². The van der Waals surface area contributed by atoms with Gasteiger partial charge in [0.1, 0.15) is 23.9 Å². The Balaban J connectivity index is 1.77. The summed E-state index contributed by atoms with van der Waals surface area (Å²) >= 11 is 0. The molecule has 3 aromatic carbocycles. The molecule has 4 rings (SSSR count). The Bertz CT molecular complexity index is 1310. The minimum atomic E-state index is -0.349. The number of aromatic nitrogens is 2. The number of phenols is 2. The van der Waals surface area contributed by atoms with Gasteiger partial charge >= 0.3 is 0 Å². The highest BCUT2D eigenvalue weighted by Crippen LogP contribution is 2.21. The van der Waals surface area contributed by atoms with E-state index in [9.17, 15) is 15.0 Å². The maximum absolute atomic E-state index is 13.0. The fraction of sp³-hybridized carbons (Fsp3) is 0.0870. The SMILES string of the molecule is Cc1ccccc1OCc1nc2ccccc2c(=O)n1N=Cc1ccc(O)cc1O. The van der Waals surface area contributed by atoms with E-state index in [-0.39, 0.29) is 23.7 Å². The summed E-state index contributed by atoms with van der Waals surface area (Å²) in [5.74, 6) is 0.780. The number of nitrogens with zero attached hydrogens (tertiary/aromatic N) is 3. The first kappa shape index (κ1) is 19.2. The zero-order valence-corrected chi connectivity index (χ0v) is 16.2. The molecule has 0 atom stereocenters. The van der Waals surface area contributed by atoms with Gasteiger partial charge in [-0.15, -0.1) is 0 Å². The molecule has 0 aliphatic rings. The molecule has 0 unspecified atom stereocenters. The van der Waals surface area contributed by atoms with Gasteiger partial charge in [-0.1, -0.05) is 30.3 Å². The summed E-state index contributed by atoms with van der Waals surface area (Å²) in [5, 5.41) is 24.1. The molecular weight excluding hydrogens is 382 g/mol. The van der Waals surface area contributed by atoms with Crippen LogP contribution in [0.15, 0.2) is 76.6 Å². The Morgan fingerprint density at radius 1 is 1.07 bits per heavy atom. The highest BCUT2D eigenvalue weighted by Gasteiger charge is 2.12. The van der Waals surface area contributed by atoms with Gasteiger partial charge in [0.15, 0.2) is 5.82 Å². The number of fused-ring (bicyclic) bond motifs is 1. The molecular formula is C23H19N3O4. The van der Waals surface area contributed by atoms with E-state index in [0.29, 0.717) is 28.0 Å². The molecule has 0 saturated carbocycles. The van der Waals surface area contributed by atoms with Gasteiger partial charge in [-0.2, -0.15) is 9.78 Å². The first-order chi connectivity index (χ1) is 14.5. The van der Waals surface area contributed by atoms with Crippen LogP contribution in [0.4, 0.5) is 0 Å². The van der Waals surface area contributed by atoms with Gasteiger partial charge in [-0.05, 0) is 42.8 Å². The third kappa shape index (κ3) is 3.86. The van der Waals surface area contributed by atoms with Crippen LogP contribution in [-0.4, -0.2) is 26.1 Å². The van der Waals surface area contributed by atoms with Crippen molar-refractivity contribution in [3.05, 3.63) is 94.0 Å². The minimum Gasteiger partial charge on any atom is -0.508 e. The predicted molar refractivity (Wildman–Crippen MR) is 114 cm³/mol. The molecule has 0 amide bonds. The summed E-state index contributed by atoms with van der Waals surface area (Å²) in [7, 11) is 0. The first-order valence-corrected chi connectivity index (χ1v) is 9.28. The first-order valence-electron chi connectivity index (χ1n) is 9.28. The fourth-order valence-electron chi connectivity index (χ4n) is 3.00. The van der Waals surface area contributed by atoms with Gasteiger partial charge < -0.3 is 14.9 Å². The zero-order valence-electron chi connectivity index (χ0n) is 16.2. The Morgan fingerprint density at radius 2 is 1.83 bits per heavy atom. The highest BCUT2D eigenvalue weighted by molar-refractivity contribution is 5.84. The fourth-order valence-corrected chi connectivity index (χ4v) is 3.00. The molecule has 7 nitrogen and oxygen atoms in total. The van der Waals surface area contributed by atoms with Gasteiger partial charge in [0.25, 0.3) is 5.56 Å². The van der Waals surface area contributed by atoms with E-state index in [4.69, 9.17) is 4.74 Å². The van der Waals surface area contributed by atoms with Crippen molar-refractivity contribution < 1.29 is 14.9 Å².